The number of amides is 1. The maximum atomic E-state index is 14.5. The number of hydrogen-bond acceptors (Lipinski definition) is 7. The van der Waals surface area contributed by atoms with E-state index in [4.69, 9.17) is 14.2 Å². The van der Waals surface area contributed by atoms with Gasteiger partial charge in [-0.05, 0) is 42.0 Å². The first-order valence-electron chi connectivity index (χ1n) is 14.9. The Labute approximate surface area is 261 Å². The Hall–Kier alpha value is -5.35. The van der Waals surface area contributed by atoms with Crippen molar-refractivity contribution in [3.63, 3.8) is 0 Å². The molecule has 6 rings (SSSR count). The standard InChI is InChI=1S/C35H35N5O5/c1-43-31-15-6-5-14-30(31)40-32(27-10-3-2-4-11-27)33(34(41)38-19-17-36-18-20-38)39(35(40)42)25-26-9-7-12-28(23-26)44-21-22-45-29-13-8-16-37-24-29/h2-16,23-24,36H,17-22,25H2,1H3. The van der Waals surface area contributed by atoms with E-state index in [2.05, 4.69) is 10.3 Å². The maximum Gasteiger partial charge on any atom is 0.334 e. The highest BCUT2D eigenvalue weighted by Crippen LogP contribution is 2.31. The molecule has 0 atom stereocenters. The summed E-state index contributed by atoms with van der Waals surface area (Å²) in [5.41, 5.74) is 2.64. The number of carbonyl (C=O) groups is 1. The Morgan fingerprint density at radius 1 is 0.867 bits per heavy atom. The number of hydrogen-bond donors (Lipinski definition) is 1. The Balaban J connectivity index is 1.40. The number of methoxy groups -OCH3 is 1. The summed E-state index contributed by atoms with van der Waals surface area (Å²) >= 11 is 0. The fourth-order valence-corrected chi connectivity index (χ4v) is 5.49. The minimum atomic E-state index is -0.340. The smallest absolute Gasteiger partial charge is 0.334 e. The molecule has 230 valence electrons. The van der Waals surface area contributed by atoms with E-state index in [0.717, 1.165) is 11.1 Å². The van der Waals surface area contributed by atoms with Crippen LogP contribution in [0.5, 0.6) is 17.2 Å². The van der Waals surface area contributed by atoms with Crippen LogP contribution < -0.4 is 25.2 Å². The van der Waals surface area contributed by atoms with Crippen LogP contribution in [-0.2, 0) is 6.54 Å². The van der Waals surface area contributed by atoms with Gasteiger partial charge in [0.05, 0.1) is 31.2 Å². The molecule has 0 unspecified atom stereocenters. The zero-order valence-electron chi connectivity index (χ0n) is 25.1. The number of carbonyl (C=O) groups excluding carboxylic acids is 1. The molecule has 0 spiro atoms. The molecule has 2 aromatic heterocycles. The van der Waals surface area contributed by atoms with E-state index in [0.29, 0.717) is 73.7 Å². The van der Waals surface area contributed by atoms with Crippen molar-refractivity contribution >= 4 is 5.91 Å². The van der Waals surface area contributed by atoms with Gasteiger partial charge < -0.3 is 24.4 Å². The number of nitrogens with zero attached hydrogens (tertiary/aromatic N) is 4. The molecule has 10 nitrogen and oxygen atoms in total. The molecule has 1 saturated heterocycles. The fourth-order valence-electron chi connectivity index (χ4n) is 5.49. The molecule has 0 radical (unpaired) electrons. The minimum absolute atomic E-state index is 0.164. The number of rotatable bonds is 11. The normalized spacial score (nSPS) is 13.0. The van der Waals surface area contributed by atoms with Crippen LogP contribution in [0, 0.1) is 0 Å². The van der Waals surface area contributed by atoms with Gasteiger partial charge in [-0.1, -0.05) is 54.6 Å². The third-order valence-corrected chi connectivity index (χ3v) is 7.61. The Morgan fingerprint density at radius 3 is 2.36 bits per heavy atom. The number of nitrogens with one attached hydrogen (secondary N) is 1. The van der Waals surface area contributed by atoms with Crippen molar-refractivity contribution in [3.8, 4) is 34.2 Å². The lowest BCUT2D eigenvalue weighted by Gasteiger charge is -2.28. The van der Waals surface area contributed by atoms with Crippen LogP contribution in [0.15, 0.2) is 108 Å². The highest BCUT2D eigenvalue weighted by molar-refractivity contribution is 5.99. The Bertz CT molecular complexity index is 1800. The predicted octanol–water partition coefficient (Wildman–Crippen LogP) is 4.26. The van der Waals surface area contributed by atoms with Gasteiger partial charge in [0.2, 0.25) is 0 Å². The summed E-state index contributed by atoms with van der Waals surface area (Å²) in [6, 6.07) is 28.1. The zero-order valence-corrected chi connectivity index (χ0v) is 25.1. The third-order valence-electron chi connectivity index (χ3n) is 7.61. The predicted molar refractivity (Wildman–Crippen MR) is 172 cm³/mol. The van der Waals surface area contributed by atoms with Crippen molar-refractivity contribution < 1.29 is 19.0 Å². The number of piperazine rings is 1. The first-order valence-corrected chi connectivity index (χ1v) is 14.9. The second kappa shape index (κ2) is 14.0. The second-order valence-electron chi connectivity index (χ2n) is 10.5. The first-order chi connectivity index (χ1) is 22.1. The van der Waals surface area contributed by atoms with Crippen LogP contribution in [0.1, 0.15) is 16.1 Å². The molecule has 0 saturated carbocycles. The van der Waals surface area contributed by atoms with Gasteiger partial charge in [0.25, 0.3) is 5.91 Å². The molecule has 1 fully saturated rings. The Kier molecular flexibility index (Phi) is 9.22. The Morgan fingerprint density at radius 2 is 1.60 bits per heavy atom. The molecular weight excluding hydrogens is 570 g/mol. The molecule has 3 aromatic carbocycles. The third kappa shape index (κ3) is 6.61. The number of imidazole rings is 1. The van der Waals surface area contributed by atoms with Crippen LogP contribution in [0.3, 0.4) is 0 Å². The lowest BCUT2D eigenvalue weighted by atomic mass is 10.1. The fraction of sp³-hybridized carbons (Fsp3) is 0.229. The number of pyridine rings is 1. The van der Waals surface area contributed by atoms with Gasteiger partial charge in [-0.15, -0.1) is 0 Å². The van der Waals surface area contributed by atoms with Crippen molar-refractivity contribution in [1.29, 1.82) is 0 Å². The summed E-state index contributed by atoms with van der Waals surface area (Å²) < 4.78 is 20.5. The lowest BCUT2D eigenvalue weighted by molar-refractivity contribution is 0.0725. The summed E-state index contributed by atoms with van der Waals surface area (Å²) in [5.74, 6) is 1.64. The summed E-state index contributed by atoms with van der Waals surface area (Å²) in [5, 5.41) is 3.31. The van der Waals surface area contributed by atoms with Crippen LogP contribution in [0.4, 0.5) is 0 Å². The van der Waals surface area contributed by atoms with Gasteiger partial charge in [0.15, 0.2) is 0 Å². The van der Waals surface area contributed by atoms with E-state index in [9.17, 15) is 9.59 Å². The van der Waals surface area contributed by atoms with Gasteiger partial charge in [0.1, 0.15) is 36.2 Å². The molecule has 0 bridgehead atoms. The molecule has 1 aliphatic heterocycles. The van der Waals surface area contributed by atoms with E-state index in [1.165, 1.54) is 0 Å². The topological polar surface area (TPSA) is 99.8 Å². The van der Waals surface area contributed by atoms with Crippen molar-refractivity contribution in [2.24, 2.45) is 0 Å². The average molecular weight is 606 g/mol. The zero-order chi connectivity index (χ0) is 31.0. The van der Waals surface area contributed by atoms with Gasteiger partial charge >= 0.3 is 5.69 Å². The summed E-state index contributed by atoms with van der Waals surface area (Å²) in [6.07, 6.45) is 3.34. The van der Waals surface area contributed by atoms with E-state index < -0.39 is 0 Å². The molecule has 45 heavy (non-hydrogen) atoms. The quantitative estimate of drug-likeness (QED) is 0.225. The molecule has 0 aliphatic carbocycles. The molecule has 5 aromatic rings. The molecule has 3 heterocycles. The van der Waals surface area contributed by atoms with Gasteiger partial charge in [-0.3, -0.25) is 18.9 Å². The summed E-state index contributed by atoms with van der Waals surface area (Å²) in [4.78, 5) is 34.7. The summed E-state index contributed by atoms with van der Waals surface area (Å²) in [7, 11) is 1.57. The van der Waals surface area contributed by atoms with Crippen LogP contribution >= 0.6 is 0 Å². The number of benzene rings is 3. The number of ether oxygens (including phenoxy) is 3. The molecule has 10 heteroatoms. The first kappa shape index (κ1) is 29.7. The number of para-hydroxylation sites is 2. The van der Waals surface area contributed by atoms with E-state index in [1.54, 1.807) is 28.6 Å². The monoisotopic (exact) mass is 605 g/mol. The second-order valence-corrected chi connectivity index (χ2v) is 10.5. The molecular formula is C35H35N5O5. The van der Waals surface area contributed by atoms with E-state index in [-0.39, 0.29) is 18.1 Å². The maximum absolute atomic E-state index is 14.5. The SMILES string of the molecule is COc1ccccc1-n1c(-c2ccccc2)c(C(=O)N2CCNCC2)n(Cc2cccc(OCCOc3cccnc3)c2)c1=O. The minimum Gasteiger partial charge on any atom is -0.495 e. The highest BCUT2D eigenvalue weighted by atomic mass is 16.5. The summed E-state index contributed by atoms with van der Waals surface area (Å²) in [6.45, 7) is 3.31. The highest BCUT2D eigenvalue weighted by Gasteiger charge is 2.31. The van der Waals surface area contributed by atoms with Crippen LogP contribution in [0.2, 0.25) is 0 Å². The number of aromatic nitrogens is 3. The molecule has 1 aliphatic rings. The largest absolute Gasteiger partial charge is 0.495 e. The molecule has 1 N–H and O–H groups in total. The van der Waals surface area contributed by atoms with Crippen molar-refractivity contribution in [1.82, 2.24) is 24.3 Å². The van der Waals surface area contributed by atoms with Gasteiger partial charge in [-0.25, -0.2) is 4.79 Å². The average Bonchev–Trinajstić information content (AvgIpc) is 3.38. The van der Waals surface area contributed by atoms with Crippen molar-refractivity contribution in [3.05, 3.63) is 125 Å². The lowest BCUT2D eigenvalue weighted by Crippen LogP contribution is -2.47. The van der Waals surface area contributed by atoms with Crippen molar-refractivity contribution in [2.75, 3.05) is 46.5 Å². The van der Waals surface area contributed by atoms with E-state index >= 15 is 0 Å². The van der Waals surface area contributed by atoms with Gasteiger partial charge in [-0.2, -0.15) is 0 Å². The van der Waals surface area contributed by atoms with Crippen LogP contribution in [-0.4, -0.2) is 71.4 Å². The molecule has 1 amide bonds. The van der Waals surface area contributed by atoms with Crippen LogP contribution in [0.25, 0.3) is 16.9 Å². The van der Waals surface area contributed by atoms with E-state index in [1.807, 2.05) is 95.9 Å². The van der Waals surface area contributed by atoms with Gasteiger partial charge in [0, 0.05) is 37.9 Å². The van der Waals surface area contributed by atoms with Crippen molar-refractivity contribution in [2.45, 2.75) is 6.54 Å².